The molecule has 0 saturated carbocycles. The zero-order chi connectivity index (χ0) is 13.0. The molecule has 0 aromatic heterocycles. The lowest BCUT2D eigenvalue weighted by Crippen LogP contribution is -3.00. The molecule has 1 aromatic carbocycles. The Morgan fingerprint density at radius 2 is 1.72 bits per heavy atom. The van der Waals surface area contributed by atoms with Gasteiger partial charge in [-0.2, -0.15) is 0 Å². The van der Waals surface area contributed by atoms with Crippen molar-refractivity contribution < 1.29 is 37.9 Å². The summed E-state index contributed by atoms with van der Waals surface area (Å²) in [7, 11) is 0. The summed E-state index contributed by atoms with van der Waals surface area (Å²) in [4.78, 5) is 21.6. The van der Waals surface area contributed by atoms with Crippen LogP contribution in [0.1, 0.15) is 17.9 Å². The summed E-state index contributed by atoms with van der Waals surface area (Å²) < 4.78 is 0. The summed E-state index contributed by atoms with van der Waals surface area (Å²) in [6.45, 7) is 0. The number of quaternary nitrogens is 1. The van der Waals surface area contributed by atoms with Crippen LogP contribution >= 0.6 is 11.6 Å². The fourth-order valence-corrected chi connectivity index (χ4v) is 1.69. The first kappa shape index (κ1) is 16.7. The standard InChI is InChI=1S/C11H12ClNO4.ClH/c12-7-3-1-6(2-4-7)8(5-9(14)15)10(13)11(16)17;/h1-4,8,10H,5,13H2,(H,14,15)(H,16,17);1H/t8-,10+;/m0./s1. The van der Waals surface area contributed by atoms with Crippen molar-refractivity contribution in [3.8, 4) is 0 Å². The predicted octanol–water partition coefficient (Wildman–Crippen LogP) is -2.40. The molecular weight excluding hydrogens is 281 g/mol. The maximum Gasteiger partial charge on any atom is 0.363 e. The monoisotopic (exact) mass is 293 g/mol. The first-order valence-corrected chi connectivity index (χ1v) is 5.32. The van der Waals surface area contributed by atoms with Crippen LogP contribution in [0.2, 0.25) is 5.02 Å². The second kappa shape index (κ2) is 7.20. The zero-order valence-electron chi connectivity index (χ0n) is 9.35. The second-order valence-electron chi connectivity index (χ2n) is 3.70. The van der Waals surface area contributed by atoms with E-state index in [4.69, 9.17) is 21.8 Å². The van der Waals surface area contributed by atoms with E-state index in [1.54, 1.807) is 24.3 Å². The molecule has 0 radical (unpaired) electrons. The van der Waals surface area contributed by atoms with E-state index in [1.807, 2.05) is 0 Å². The van der Waals surface area contributed by atoms with Crippen molar-refractivity contribution in [2.75, 3.05) is 0 Å². The molecule has 2 atom stereocenters. The molecule has 0 unspecified atom stereocenters. The van der Waals surface area contributed by atoms with Gasteiger partial charge in [-0.15, -0.1) is 0 Å². The van der Waals surface area contributed by atoms with Crippen LogP contribution in [0, 0.1) is 0 Å². The van der Waals surface area contributed by atoms with Crippen LogP contribution < -0.4 is 18.1 Å². The molecule has 1 rings (SSSR count). The van der Waals surface area contributed by atoms with E-state index in [0.29, 0.717) is 10.6 Å². The van der Waals surface area contributed by atoms with Crippen LogP contribution in [0.15, 0.2) is 24.3 Å². The number of hydrogen-bond donors (Lipinski definition) is 3. The first-order valence-electron chi connectivity index (χ1n) is 4.95. The van der Waals surface area contributed by atoms with E-state index in [0.717, 1.165) is 0 Å². The van der Waals surface area contributed by atoms with Crippen LogP contribution in [-0.2, 0) is 9.59 Å². The van der Waals surface area contributed by atoms with Crippen LogP contribution in [0.3, 0.4) is 0 Å². The molecule has 0 heterocycles. The van der Waals surface area contributed by atoms with Crippen LogP contribution in [0.4, 0.5) is 0 Å². The van der Waals surface area contributed by atoms with Gasteiger partial charge in [-0.25, -0.2) is 4.79 Å². The third-order valence-corrected chi connectivity index (χ3v) is 2.75. The summed E-state index contributed by atoms with van der Waals surface area (Å²) >= 11 is 5.72. The van der Waals surface area contributed by atoms with Crippen molar-refractivity contribution in [3.05, 3.63) is 34.9 Å². The highest BCUT2D eigenvalue weighted by Crippen LogP contribution is 2.23. The fraction of sp³-hybridized carbons (Fsp3) is 0.273. The molecule has 1 aromatic rings. The highest BCUT2D eigenvalue weighted by molar-refractivity contribution is 6.30. The van der Waals surface area contributed by atoms with Crippen LogP contribution in [0.5, 0.6) is 0 Å². The molecule has 0 bridgehead atoms. The number of halogens is 2. The van der Waals surface area contributed by atoms with Gasteiger partial charge in [0.2, 0.25) is 0 Å². The lowest BCUT2D eigenvalue weighted by Gasteiger charge is -2.16. The van der Waals surface area contributed by atoms with Crippen molar-refractivity contribution in [2.24, 2.45) is 0 Å². The molecule has 0 saturated heterocycles. The number of benzene rings is 1. The Hall–Kier alpha value is -1.30. The van der Waals surface area contributed by atoms with Crippen molar-refractivity contribution in [1.82, 2.24) is 0 Å². The van der Waals surface area contributed by atoms with Crippen LogP contribution in [0.25, 0.3) is 0 Å². The molecular formula is C11H13Cl2NO4. The minimum Gasteiger partial charge on any atom is -1.00 e. The van der Waals surface area contributed by atoms with Gasteiger partial charge in [0.15, 0.2) is 6.04 Å². The maximum atomic E-state index is 10.9. The Balaban J connectivity index is 0.00000289. The van der Waals surface area contributed by atoms with Gasteiger partial charge in [-0.05, 0) is 17.7 Å². The quantitative estimate of drug-likeness (QED) is 0.563. The largest absolute Gasteiger partial charge is 1.00 e. The average molecular weight is 294 g/mol. The Morgan fingerprint density at radius 1 is 1.22 bits per heavy atom. The number of hydrogen-bond acceptors (Lipinski definition) is 2. The van der Waals surface area contributed by atoms with Crippen molar-refractivity contribution in [3.63, 3.8) is 0 Å². The minimum absolute atomic E-state index is 0. The van der Waals surface area contributed by atoms with Gasteiger partial charge in [0, 0.05) is 5.02 Å². The minimum atomic E-state index is -1.12. The zero-order valence-corrected chi connectivity index (χ0v) is 10.9. The normalized spacial score (nSPS) is 13.2. The number of carbonyl (C=O) groups is 2. The van der Waals surface area contributed by atoms with Crippen molar-refractivity contribution >= 4 is 23.5 Å². The van der Waals surface area contributed by atoms with Gasteiger partial charge >= 0.3 is 11.9 Å². The van der Waals surface area contributed by atoms with Gasteiger partial charge in [-0.3, -0.25) is 4.79 Å². The van der Waals surface area contributed by atoms with Gasteiger partial charge in [-0.1, -0.05) is 23.7 Å². The maximum absolute atomic E-state index is 10.9. The molecule has 0 spiro atoms. The van der Waals surface area contributed by atoms with Crippen LogP contribution in [-0.4, -0.2) is 28.2 Å². The lowest BCUT2D eigenvalue weighted by molar-refractivity contribution is -0.413. The molecule has 0 aliphatic heterocycles. The third kappa shape index (κ3) is 4.52. The Morgan fingerprint density at radius 3 is 2.11 bits per heavy atom. The summed E-state index contributed by atoms with van der Waals surface area (Å²) in [5, 5.41) is 18.2. The van der Waals surface area contributed by atoms with E-state index in [2.05, 4.69) is 5.73 Å². The first-order chi connectivity index (χ1) is 7.91. The highest BCUT2D eigenvalue weighted by atomic mass is 35.5. The summed E-state index contributed by atoms with van der Waals surface area (Å²) in [6, 6.07) is 5.43. The summed E-state index contributed by atoms with van der Waals surface area (Å²) in [6.07, 6.45) is -0.276. The van der Waals surface area contributed by atoms with Gasteiger partial charge < -0.3 is 28.4 Å². The molecule has 7 heteroatoms. The van der Waals surface area contributed by atoms with E-state index < -0.39 is 23.9 Å². The third-order valence-electron chi connectivity index (χ3n) is 2.50. The van der Waals surface area contributed by atoms with E-state index in [1.165, 1.54) is 0 Å². The number of rotatable bonds is 5. The molecule has 0 aliphatic carbocycles. The van der Waals surface area contributed by atoms with Crippen molar-refractivity contribution in [1.29, 1.82) is 0 Å². The second-order valence-corrected chi connectivity index (χ2v) is 4.14. The number of aliphatic carboxylic acids is 2. The van der Waals surface area contributed by atoms with E-state index in [-0.39, 0.29) is 18.8 Å². The summed E-state index contributed by atoms with van der Waals surface area (Å²) in [5.41, 5.74) is 4.10. The van der Waals surface area contributed by atoms with Gasteiger partial charge in [0.1, 0.15) is 0 Å². The van der Waals surface area contributed by atoms with E-state index in [9.17, 15) is 9.59 Å². The fourth-order valence-electron chi connectivity index (χ4n) is 1.56. The molecule has 0 amide bonds. The number of carboxylic acid groups (broad SMARTS) is 2. The van der Waals surface area contributed by atoms with Gasteiger partial charge in [0.05, 0.1) is 12.3 Å². The molecule has 0 aliphatic rings. The molecule has 5 nitrogen and oxygen atoms in total. The highest BCUT2D eigenvalue weighted by Gasteiger charge is 2.31. The van der Waals surface area contributed by atoms with E-state index >= 15 is 0 Å². The molecule has 0 fully saturated rings. The smallest absolute Gasteiger partial charge is 0.363 e. The molecule has 18 heavy (non-hydrogen) atoms. The predicted molar refractivity (Wildman–Crippen MR) is 60.8 cm³/mol. The average Bonchev–Trinajstić information content (AvgIpc) is 2.26. The lowest BCUT2D eigenvalue weighted by atomic mass is 9.89. The molecule has 100 valence electrons. The van der Waals surface area contributed by atoms with Crippen molar-refractivity contribution in [2.45, 2.75) is 18.4 Å². The summed E-state index contributed by atoms with van der Waals surface area (Å²) in [5.74, 6) is -2.84. The number of carboxylic acids is 2. The van der Waals surface area contributed by atoms with Gasteiger partial charge in [0.25, 0.3) is 0 Å². The Labute approximate surface area is 115 Å². The topological polar surface area (TPSA) is 102 Å². The Kier molecular flexibility index (Phi) is 6.68. The Bertz CT molecular complexity index is 422. The molecule has 5 N–H and O–H groups in total. The SMILES string of the molecule is [Cl-].[NH3+][C@@H](C(=O)O)[C@@H](CC(=O)O)c1ccc(Cl)cc1.